The maximum Gasteiger partial charge on any atom is 0.318 e. The molecule has 8 heavy (non-hydrogen) atoms. The Labute approximate surface area is 65.2 Å². The highest BCUT2D eigenvalue weighted by Crippen LogP contribution is 2.05. The molecule has 0 fully saturated rings. The zero-order chi connectivity index (χ0) is 6.57. The van der Waals surface area contributed by atoms with Gasteiger partial charge >= 0.3 is 5.97 Å². The fraction of sp³-hybridized carbons (Fsp3) is 0.750. The van der Waals surface area contributed by atoms with Crippen molar-refractivity contribution in [2.45, 2.75) is 18.2 Å². The Morgan fingerprint density at radius 2 is 2.38 bits per heavy atom. The van der Waals surface area contributed by atoms with Gasteiger partial charge in [-0.2, -0.15) is 0 Å². The minimum absolute atomic E-state index is 0.188. The molecule has 1 unspecified atom stereocenters. The minimum Gasteiger partial charge on any atom is -0.383 e. The summed E-state index contributed by atoms with van der Waals surface area (Å²) in [7, 11) is 0. The minimum atomic E-state index is -0.255. The van der Waals surface area contributed by atoms with E-state index in [1.165, 1.54) is 0 Å². The maximum absolute atomic E-state index is 10.3. The van der Waals surface area contributed by atoms with Gasteiger partial charge in [-0.3, -0.25) is 4.79 Å². The van der Waals surface area contributed by atoms with Crippen molar-refractivity contribution in [1.29, 1.82) is 0 Å². The molecule has 0 aliphatic carbocycles. The lowest BCUT2D eigenvalue weighted by molar-refractivity contribution is -0.132. The van der Waals surface area contributed by atoms with Crippen molar-refractivity contribution < 1.29 is 8.62 Å². The highest BCUT2D eigenvalue weighted by atomic mass is 79.9. The van der Waals surface area contributed by atoms with E-state index in [1.807, 2.05) is 6.92 Å². The van der Waals surface area contributed by atoms with E-state index in [4.69, 9.17) is 0 Å². The molecule has 0 amide bonds. The first-order valence-electron chi connectivity index (χ1n) is 2.12. The van der Waals surface area contributed by atoms with Crippen LogP contribution in [0.1, 0.15) is 13.3 Å². The smallest absolute Gasteiger partial charge is 0.318 e. The number of alkyl halides is 1. The van der Waals surface area contributed by atoms with E-state index in [-0.39, 0.29) is 10.8 Å². The predicted octanol–water partition coefficient (Wildman–Crippen LogP) is 2.01. The van der Waals surface area contributed by atoms with Crippen molar-refractivity contribution in [1.82, 2.24) is 0 Å². The number of carbonyl (C=O) groups is 1. The first-order chi connectivity index (χ1) is 3.66. The van der Waals surface area contributed by atoms with Crippen molar-refractivity contribution in [2.75, 3.05) is 0 Å². The monoisotopic (exact) mass is 244 g/mol. The van der Waals surface area contributed by atoms with Gasteiger partial charge in [0.2, 0.25) is 0 Å². The van der Waals surface area contributed by atoms with Crippen LogP contribution < -0.4 is 0 Å². The van der Waals surface area contributed by atoms with Crippen LogP contribution in [0.3, 0.4) is 0 Å². The number of rotatable bonds is 2. The van der Waals surface area contributed by atoms with E-state index < -0.39 is 0 Å². The topological polar surface area (TPSA) is 26.3 Å². The number of carbonyl (C=O) groups excluding carboxylic acids is 1. The normalized spacial score (nSPS) is 12.9. The van der Waals surface area contributed by atoms with E-state index in [0.29, 0.717) is 6.42 Å². The van der Waals surface area contributed by atoms with Gasteiger partial charge in [0.1, 0.15) is 0 Å². The Morgan fingerprint density at radius 1 is 1.88 bits per heavy atom. The fourth-order valence-electron chi connectivity index (χ4n) is 0.261. The van der Waals surface area contributed by atoms with Crippen LogP contribution >= 0.6 is 32.2 Å². The summed E-state index contributed by atoms with van der Waals surface area (Å²) < 4.78 is 4.20. The summed E-state index contributed by atoms with van der Waals surface area (Å²) >= 11 is 5.77. The van der Waals surface area contributed by atoms with Gasteiger partial charge < -0.3 is 3.83 Å². The molecule has 0 bridgehead atoms. The Morgan fingerprint density at radius 3 is 2.50 bits per heavy atom. The third-order valence-electron chi connectivity index (χ3n) is 0.534. The van der Waals surface area contributed by atoms with Gasteiger partial charge in [0, 0.05) is 4.83 Å². The molecule has 0 aromatic heterocycles. The average molecular weight is 246 g/mol. The molecule has 0 heterocycles. The summed E-state index contributed by atoms with van der Waals surface area (Å²) in [5, 5.41) is 0. The lowest BCUT2D eigenvalue weighted by atomic mass is 10.3. The molecule has 0 saturated heterocycles. The summed E-state index contributed by atoms with van der Waals surface area (Å²) in [5.41, 5.74) is 0. The van der Waals surface area contributed by atoms with Gasteiger partial charge in [-0.25, -0.2) is 0 Å². The highest BCUT2D eigenvalue weighted by Gasteiger charge is 2.04. The fourth-order valence-corrected chi connectivity index (χ4v) is 0.658. The van der Waals surface area contributed by atoms with Crippen LogP contribution in [0.4, 0.5) is 0 Å². The molecule has 4 heteroatoms. The van der Waals surface area contributed by atoms with Gasteiger partial charge in [0.15, 0.2) is 16.3 Å². The maximum atomic E-state index is 10.3. The second-order valence-corrected chi connectivity index (χ2v) is 3.32. The van der Waals surface area contributed by atoms with Crippen molar-refractivity contribution in [3.8, 4) is 0 Å². The molecule has 0 aromatic rings. The SMILES string of the molecule is CC(Br)CC(=O)OBr. The average Bonchev–Trinajstić information content (AvgIpc) is 1.65. The lowest BCUT2D eigenvalue weighted by Crippen LogP contribution is -2.02. The molecule has 0 rings (SSSR count). The van der Waals surface area contributed by atoms with Crippen LogP contribution in [0.15, 0.2) is 0 Å². The zero-order valence-corrected chi connectivity index (χ0v) is 7.53. The molecule has 0 aromatic carbocycles. The van der Waals surface area contributed by atoms with Crippen LogP contribution in [-0.2, 0) is 8.62 Å². The number of hydrogen-bond acceptors (Lipinski definition) is 2. The molecule has 0 aliphatic rings. The molecule has 2 nitrogen and oxygen atoms in total. The van der Waals surface area contributed by atoms with Gasteiger partial charge in [0.05, 0.1) is 6.42 Å². The standard InChI is InChI=1S/C4H6Br2O2/c1-3(5)2-4(7)8-6/h3H,2H2,1H3. The largest absolute Gasteiger partial charge is 0.383 e. The van der Waals surface area contributed by atoms with Crippen molar-refractivity contribution >= 4 is 38.2 Å². The van der Waals surface area contributed by atoms with E-state index in [2.05, 4.69) is 36.0 Å². The molecular formula is C4H6Br2O2. The van der Waals surface area contributed by atoms with E-state index in [9.17, 15) is 4.79 Å². The summed E-state index contributed by atoms with van der Waals surface area (Å²) in [5.74, 6) is -0.255. The summed E-state index contributed by atoms with van der Waals surface area (Å²) in [4.78, 5) is 10.5. The molecule has 0 radical (unpaired) electrons. The molecule has 0 spiro atoms. The Balaban J connectivity index is 3.25. The highest BCUT2D eigenvalue weighted by molar-refractivity contribution is 9.09. The molecule has 0 aliphatic heterocycles. The molecule has 48 valence electrons. The predicted molar refractivity (Wildman–Crippen MR) is 38.0 cm³/mol. The second kappa shape index (κ2) is 4.32. The van der Waals surface area contributed by atoms with Crippen LogP contribution in [0, 0.1) is 0 Å². The van der Waals surface area contributed by atoms with Gasteiger partial charge in [0.25, 0.3) is 0 Å². The third kappa shape index (κ3) is 4.59. The second-order valence-electron chi connectivity index (χ2n) is 1.43. The number of hydrogen-bond donors (Lipinski definition) is 0. The van der Waals surface area contributed by atoms with Gasteiger partial charge in [-0.05, 0) is 0 Å². The molecule has 1 atom stereocenters. The molecule has 0 N–H and O–H groups in total. The van der Waals surface area contributed by atoms with E-state index >= 15 is 0 Å². The lowest BCUT2D eigenvalue weighted by Gasteiger charge is -1.96. The van der Waals surface area contributed by atoms with Crippen molar-refractivity contribution in [2.24, 2.45) is 0 Å². The Hall–Kier alpha value is 0.430. The first-order valence-corrected chi connectivity index (χ1v) is 3.68. The van der Waals surface area contributed by atoms with Gasteiger partial charge in [-0.1, -0.05) is 22.9 Å². The summed E-state index contributed by atoms with van der Waals surface area (Å²) in [6.45, 7) is 1.88. The van der Waals surface area contributed by atoms with Crippen LogP contribution in [0.25, 0.3) is 0 Å². The van der Waals surface area contributed by atoms with E-state index in [1.54, 1.807) is 0 Å². The van der Waals surface area contributed by atoms with Crippen LogP contribution in [0.2, 0.25) is 0 Å². The van der Waals surface area contributed by atoms with E-state index in [0.717, 1.165) is 0 Å². The van der Waals surface area contributed by atoms with Crippen molar-refractivity contribution in [3.05, 3.63) is 0 Å². The van der Waals surface area contributed by atoms with Gasteiger partial charge in [-0.15, -0.1) is 0 Å². The zero-order valence-electron chi connectivity index (χ0n) is 4.36. The summed E-state index contributed by atoms with van der Waals surface area (Å²) in [6.07, 6.45) is 0.394. The number of halogens is 2. The quantitative estimate of drug-likeness (QED) is 0.696. The molecular weight excluding hydrogens is 240 g/mol. The Bertz CT molecular complexity index is 82.1. The van der Waals surface area contributed by atoms with Crippen molar-refractivity contribution in [3.63, 3.8) is 0 Å². The third-order valence-corrected chi connectivity index (χ3v) is 1.22. The summed E-state index contributed by atoms with van der Waals surface area (Å²) in [6, 6.07) is 0. The first kappa shape index (κ1) is 8.43. The molecule has 0 saturated carbocycles. The van der Waals surface area contributed by atoms with Crippen LogP contribution in [-0.4, -0.2) is 10.8 Å². The van der Waals surface area contributed by atoms with Crippen LogP contribution in [0.5, 0.6) is 0 Å². The Kier molecular flexibility index (Phi) is 4.56.